The molecule has 0 bridgehead atoms. The molecule has 12 heteroatoms. The second kappa shape index (κ2) is 16.1. The van der Waals surface area contributed by atoms with Crippen molar-refractivity contribution >= 4 is 35.3 Å². The van der Waals surface area contributed by atoms with E-state index in [1.165, 1.54) is 0 Å². The number of piperidine rings is 1. The van der Waals surface area contributed by atoms with Crippen LogP contribution in [0.1, 0.15) is 145 Å². The normalized spacial score (nSPS) is 29.1. The highest BCUT2D eigenvalue weighted by molar-refractivity contribution is 6.38. The van der Waals surface area contributed by atoms with Crippen molar-refractivity contribution in [2.75, 3.05) is 26.2 Å². The molecule has 0 aromatic rings. The van der Waals surface area contributed by atoms with Gasteiger partial charge in [0.1, 0.15) is 18.1 Å². The van der Waals surface area contributed by atoms with Gasteiger partial charge < -0.3 is 31.1 Å². The lowest BCUT2D eigenvalue weighted by molar-refractivity contribution is -0.145. The molecular formula is C43H70N6O6. The summed E-state index contributed by atoms with van der Waals surface area (Å²) in [5, 5.41) is 12.1. The molecular weight excluding hydrogens is 697 g/mol. The van der Waals surface area contributed by atoms with Crippen LogP contribution in [0.4, 0.5) is 0 Å². The van der Waals surface area contributed by atoms with Crippen LogP contribution in [0.25, 0.3) is 0 Å². The SMILES string of the molecule is CCC[C@H](NC(=O)[C@@H]1C[C@@]2(CN1C(=O)[C@@H](NC(=O)[C@@H](NC(=O)[C@@H]1CCCN(CC)C1)C1CCCCC1)C(C)(C)C)C(C)(C)C21CCC1)C(=O)C(=O)NC1CC1. The van der Waals surface area contributed by atoms with Crippen LogP contribution in [0.5, 0.6) is 0 Å². The summed E-state index contributed by atoms with van der Waals surface area (Å²) in [5.74, 6) is -2.71. The second-order valence-corrected chi connectivity index (χ2v) is 19.7. The van der Waals surface area contributed by atoms with Crippen molar-refractivity contribution in [2.24, 2.45) is 33.5 Å². The molecule has 6 rings (SSSR count). The van der Waals surface area contributed by atoms with Crippen molar-refractivity contribution in [3.05, 3.63) is 0 Å². The van der Waals surface area contributed by atoms with E-state index in [4.69, 9.17) is 0 Å². The maximum absolute atomic E-state index is 15.1. The molecule has 4 aliphatic carbocycles. The number of nitrogens with one attached hydrogen (secondary N) is 4. The number of carbonyl (C=O) groups excluding carboxylic acids is 6. The predicted molar refractivity (Wildman–Crippen MR) is 210 cm³/mol. The highest BCUT2D eigenvalue weighted by atomic mass is 16.2. The van der Waals surface area contributed by atoms with E-state index in [1.807, 2.05) is 27.7 Å². The number of hydrogen-bond acceptors (Lipinski definition) is 7. The van der Waals surface area contributed by atoms with Crippen LogP contribution in [-0.2, 0) is 28.8 Å². The molecule has 0 aromatic carbocycles. The average molecular weight is 767 g/mol. The van der Waals surface area contributed by atoms with Crippen LogP contribution in [0.3, 0.4) is 0 Å². The Labute approximate surface area is 329 Å². The molecule has 5 amide bonds. The molecule has 55 heavy (non-hydrogen) atoms. The summed E-state index contributed by atoms with van der Waals surface area (Å²) in [6.45, 7) is 17.2. The van der Waals surface area contributed by atoms with Gasteiger partial charge in [-0.15, -0.1) is 0 Å². The molecule has 4 saturated carbocycles. The van der Waals surface area contributed by atoms with E-state index < -0.39 is 47.2 Å². The van der Waals surface area contributed by atoms with Gasteiger partial charge in [-0.05, 0) is 99.5 Å². The molecule has 0 unspecified atom stereocenters. The third-order valence-electron chi connectivity index (χ3n) is 15.2. The fourth-order valence-corrected chi connectivity index (χ4v) is 11.3. The third-order valence-corrected chi connectivity index (χ3v) is 15.2. The Morgan fingerprint density at radius 1 is 0.800 bits per heavy atom. The molecule has 2 spiro atoms. The summed E-state index contributed by atoms with van der Waals surface area (Å²) in [5.41, 5.74) is -1.02. The summed E-state index contributed by atoms with van der Waals surface area (Å²) >= 11 is 0. The van der Waals surface area contributed by atoms with Gasteiger partial charge in [0, 0.05) is 24.5 Å². The lowest BCUT2D eigenvalue weighted by Gasteiger charge is -2.38. The highest BCUT2D eigenvalue weighted by Crippen LogP contribution is 2.88. The zero-order chi connectivity index (χ0) is 39.9. The van der Waals surface area contributed by atoms with Crippen LogP contribution < -0.4 is 21.3 Å². The van der Waals surface area contributed by atoms with E-state index in [1.54, 1.807) is 4.90 Å². The quantitative estimate of drug-likeness (QED) is 0.193. The average Bonchev–Trinajstić information content (AvgIpc) is 3.96. The topological polar surface area (TPSA) is 157 Å². The first-order valence-corrected chi connectivity index (χ1v) is 21.8. The van der Waals surface area contributed by atoms with E-state index in [2.05, 4.69) is 46.9 Å². The van der Waals surface area contributed by atoms with E-state index in [9.17, 15) is 24.0 Å². The molecule has 308 valence electrons. The number of Topliss-reactive ketones (excluding diaryl/α,β-unsaturated/α-hetero) is 1. The largest absolute Gasteiger partial charge is 0.347 e. The zero-order valence-electron chi connectivity index (χ0n) is 34.8. The summed E-state index contributed by atoms with van der Waals surface area (Å²) in [6.07, 6.45) is 12.8. The van der Waals surface area contributed by atoms with Crippen molar-refractivity contribution in [3.63, 3.8) is 0 Å². The first kappa shape index (κ1) is 41.6. The Kier molecular flexibility index (Phi) is 12.2. The number of likely N-dealkylation sites (tertiary alicyclic amines) is 2. The number of amides is 5. The molecule has 2 saturated heterocycles. The van der Waals surface area contributed by atoms with Gasteiger partial charge in [-0.3, -0.25) is 28.8 Å². The van der Waals surface area contributed by atoms with Crippen LogP contribution in [0.2, 0.25) is 0 Å². The number of rotatable bonds is 14. The maximum atomic E-state index is 15.1. The van der Waals surface area contributed by atoms with E-state index in [-0.39, 0.29) is 51.8 Å². The van der Waals surface area contributed by atoms with Gasteiger partial charge in [0.25, 0.3) is 5.91 Å². The monoisotopic (exact) mass is 767 g/mol. The predicted octanol–water partition coefficient (Wildman–Crippen LogP) is 4.24. The lowest BCUT2D eigenvalue weighted by atomic mass is 9.73. The van der Waals surface area contributed by atoms with Crippen molar-refractivity contribution in [3.8, 4) is 0 Å². The molecule has 2 heterocycles. The van der Waals surface area contributed by atoms with Gasteiger partial charge in [-0.2, -0.15) is 0 Å². The molecule has 0 radical (unpaired) electrons. The van der Waals surface area contributed by atoms with Gasteiger partial charge in [-0.25, -0.2) is 0 Å². The first-order valence-electron chi connectivity index (χ1n) is 21.8. The Morgan fingerprint density at radius 2 is 1.49 bits per heavy atom. The summed E-state index contributed by atoms with van der Waals surface area (Å²) in [6, 6.07) is -3.54. The van der Waals surface area contributed by atoms with Crippen LogP contribution in [0, 0.1) is 33.5 Å². The standard InChI is InChI=1S/C43H70N6O6/c1-8-15-30(33(50)38(54)44-29-19-20-29)45-36(52)31-24-43(41(6,7)42(43)21-14-22-42)26-49(31)39(55)34(40(3,4)5)47-37(53)32(27-16-11-10-12-17-27)46-35(51)28-18-13-23-48(9-2)25-28/h27-32,34H,8-26H2,1-7H3,(H,44,54)(H,45,52)(H,46,51)(H,47,53)/t28-,30+,31+,32+,34-,43-/m1/s1. The van der Waals surface area contributed by atoms with Gasteiger partial charge in [-0.1, -0.05) is 80.6 Å². The minimum Gasteiger partial charge on any atom is -0.347 e. The summed E-state index contributed by atoms with van der Waals surface area (Å²) in [4.78, 5) is 88.0. The Hall–Kier alpha value is -3.02. The molecule has 6 fully saturated rings. The fourth-order valence-electron chi connectivity index (χ4n) is 11.3. The van der Waals surface area contributed by atoms with Crippen molar-refractivity contribution in [2.45, 2.75) is 175 Å². The molecule has 2 aliphatic heterocycles. The van der Waals surface area contributed by atoms with Gasteiger partial charge in [0.05, 0.1) is 12.0 Å². The molecule has 0 aromatic heterocycles. The van der Waals surface area contributed by atoms with E-state index in [0.717, 1.165) is 90.1 Å². The number of carbonyl (C=O) groups is 6. The minimum atomic E-state index is -0.985. The van der Waals surface area contributed by atoms with Crippen molar-refractivity contribution in [1.82, 2.24) is 31.1 Å². The second-order valence-electron chi connectivity index (χ2n) is 19.7. The molecule has 4 N–H and O–H groups in total. The highest BCUT2D eigenvalue weighted by Gasteiger charge is 2.85. The number of hydrogen-bond donors (Lipinski definition) is 4. The van der Waals surface area contributed by atoms with Gasteiger partial charge >= 0.3 is 0 Å². The zero-order valence-corrected chi connectivity index (χ0v) is 34.8. The number of nitrogens with zero attached hydrogens (tertiary/aromatic N) is 2. The van der Waals surface area contributed by atoms with E-state index >= 15 is 4.79 Å². The Bertz CT molecular complexity index is 1490. The number of ketones is 1. The molecule has 6 aliphatic rings. The van der Waals surface area contributed by atoms with E-state index in [0.29, 0.717) is 32.4 Å². The van der Waals surface area contributed by atoms with Crippen LogP contribution in [-0.4, -0.2) is 102 Å². The maximum Gasteiger partial charge on any atom is 0.289 e. The fraction of sp³-hybridized carbons (Fsp3) is 0.860. The van der Waals surface area contributed by atoms with Crippen LogP contribution >= 0.6 is 0 Å². The first-order chi connectivity index (χ1) is 26.0. The Morgan fingerprint density at radius 3 is 2.05 bits per heavy atom. The van der Waals surface area contributed by atoms with Gasteiger partial charge in [0.15, 0.2) is 0 Å². The molecule has 6 atom stereocenters. The lowest BCUT2D eigenvalue weighted by Crippen LogP contribution is -2.62. The summed E-state index contributed by atoms with van der Waals surface area (Å²) in [7, 11) is 0. The smallest absolute Gasteiger partial charge is 0.289 e. The van der Waals surface area contributed by atoms with Crippen LogP contribution in [0.15, 0.2) is 0 Å². The summed E-state index contributed by atoms with van der Waals surface area (Å²) < 4.78 is 0. The minimum absolute atomic E-state index is 0.0160. The number of fused-ring (bicyclic) bond motifs is 1. The Balaban J connectivity index is 1.25. The van der Waals surface area contributed by atoms with Crippen molar-refractivity contribution < 1.29 is 28.8 Å². The van der Waals surface area contributed by atoms with Gasteiger partial charge in [0.2, 0.25) is 29.4 Å². The third kappa shape index (κ3) is 7.96. The van der Waals surface area contributed by atoms with Crippen molar-refractivity contribution in [1.29, 1.82) is 0 Å². The molecule has 12 nitrogen and oxygen atoms in total.